The summed E-state index contributed by atoms with van der Waals surface area (Å²) < 4.78 is 12.2. The molecule has 0 radical (unpaired) electrons. The van der Waals surface area contributed by atoms with E-state index in [0.29, 0.717) is 53.2 Å². The number of halogens is 1. The van der Waals surface area contributed by atoms with Crippen LogP contribution in [0.15, 0.2) is 47.3 Å². The Labute approximate surface area is 211 Å². The number of aromatic amines is 1. The van der Waals surface area contributed by atoms with E-state index in [0.717, 1.165) is 18.4 Å². The van der Waals surface area contributed by atoms with Gasteiger partial charge in [-0.05, 0) is 48.7 Å². The molecule has 3 heterocycles. The van der Waals surface area contributed by atoms with Crippen molar-refractivity contribution in [3.8, 4) is 11.5 Å². The van der Waals surface area contributed by atoms with Gasteiger partial charge in [-0.3, -0.25) is 9.59 Å². The van der Waals surface area contributed by atoms with Crippen molar-refractivity contribution in [1.29, 1.82) is 0 Å². The molecule has 1 aliphatic rings. The number of fused-ring (bicyclic) bond motifs is 1. The highest BCUT2D eigenvalue weighted by molar-refractivity contribution is 6.30. The highest BCUT2D eigenvalue weighted by Crippen LogP contribution is 2.30. The van der Waals surface area contributed by atoms with Gasteiger partial charge in [0.2, 0.25) is 0 Å². The predicted octanol–water partition coefficient (Wildman–Crippen LogP) is 3.25. The number of ether oxygens (including phenoxy) is 2. The van der Waals surface area contributed by atoms with Crippen molar-refractivity contribution < 1.29 is 14.3 Å². The van der Waals surface area contributed by atoms with Gasteiger partial charge >= 0.3 is 0 Å². The van der Waals surface area contributed by atoms with E-state index < -0.39 is 0 Å². The molecular weight excluding hydrogens is 484 g/mol. The Morgan fingerprint density at radius 2 is 2.00 bits per heavy atom. The highest BCUT2D eigenvalue weighted by atomic mass is 35.5. The summed E-state index contributed by atoms with van der Waals surface area (Å²) in [5, 5.41) is 8.77. The van der Waals surface area contributed by atoms with Crippen LogP contribution in [0.4, 0.5) is 0 Å². The summed E-state index contributed by atoms with van der Waals surface area (Å²) in [6.45, 7) is 1.42. The van der Waals surface area contributed by atoms with Crippen LogP contribution in [0.2, 0.25) is 5.02 Å². The number of aromatic nitrogens is 5. The second-order valence-corrected chi connectivity index (χ2v) is 9.10. The highest BCUT2D eigenvalue weighted by Gasteiger charge is 2.28. The standard InChI is InChI=1S/C25H25ClN6O4/c1-35-19-9-8-16(12-20(19)36-2)25(34)31-10-4-6-17(14-31)22-27-23-21(24(33)28-22)29-30-32(23)13-15-5-3-7-18(26)11-15/h3,5,7-9,11-12,17H,4,6,10,13-14H2,1-2H3,(H,27,28,33)/t17-/m1/s1. The fourth-order valence-corrected chi connectivity index (χ4v) is 4.74. The van der Waals surface area contributed by atoms with Crippen molar-refractivity contribution in [2.45, 2.75) is 25.3 Å². The van der Waals surface area contributed by atoms with Crippen molar-refractivity contribution in [2.24, 2.45) is 0 Å². The number of nitrogens with one attached hydrogen (secondary N) is 1. The van der Waals surface area contributed by atoms with Crippen LogP contribution in [0.3, 0.4) is 0 Å². The van der Waals surface area contributed by atoms with Crippen LogP contribution in [-0.4, -0.2) is 63.1 Å². The van der Waals surface area contributed by atoms with Crippen LogP contribution >= 0.6 is 11.6 Å². The molecule has 1 aliphatic heterocycles. The summed E-state index contributed by atoms with van der Waals surface area (Å²) >= 11 is 6.11. The molecule has 1 amide bonds. The molecule has 2 aromatic carbocycles. The van der Waals surface area contributed by atoms with E-state index in [9.17, 15) is 9.59 Å². The topological polar surface area (TPSA) is 115 Å². The van der Waals surface area contributed by atoms with E-state index in [1.807, 2.05) is 18.2 Å². The van der Waals surface area contributed by atoms with Crippen molar-refractivity contribution in [3.63, 3.8) is 0 Å². The Balaban J connectivity index is 1.41. The van der Waals surface area contributed by atoms with Gasteiger partial charge in [0.15, 0.2) is 22.7 Å². The number of carbonyl (C=O) groups excluding carboxylic acids is 1. The molecule has 36 heavy (non-hydrogen) atoms. The van der Waals surface area contributed by atoms with E-state index in [2.05, 4.69) is 15.3 Å². The molecule has 10 nitrogen and oxygen atoms in total. The molecular formula is C25H25ClN6O4. The Hall–Kier alpha value is -3.92. The monoisotopic (exact) mass is 508 g/mol. The average molecular weight is 509 g/mol. The molecule has 4 aromatic rings. The molecule has 0 unspecified atom stereocenters. The van der Waals surface area contributed by atoms with E-state index in [1.54, 1.807) is 41.0 Å². The number of piperidine rings is 1. The Morgan fingerprint density at radius 1 is 1.17 bits per heavy atom. The first-order valence-corrected chi connectivity index (χ1v) is 11.9. The number of benzene rings is 2. The summed E-state index contributed by atoms with van der Waals surface area (Å²) in [6, 6.07) is 12.5. The first kappa shape index (κ1) is 23.8. The van der Waals surface area contributed by atoms with E-state index in [-0.39, 0.29) is 22.9 Å². The number of methoxy groups -OCH3 is 2. The van der Waals surface area contributed by atoms with Crippen molar-refractivity contribution in [1.82, 2.24) is 29.9 Å². The normalized spacial score (nSPS) is 15.8. The van der Waals surface area contributed by atoms with Gasteiger partial charge < -0.3 is 19.4 Å². The third-order valence-corrected chi connectivity index (χ3v) is 6.57. The van der Waals surface area contributed by atoms with E-state index in [4.69, 9.17) is 26.1 Å². The molecule has 5 rings (SSSR count). The fraction of sp³-hybridized carbons (Fsp3) is 0.320. The molecule has 0 aliphatic carbocycles. The molecule has 1 saturated heterocycles. The Morgan fingerprint density at radius 3 is 2.78 bits per heavy atom. The Bertz CT molecular complexity index is 1480. The number of amides is 1. The fourth-order valence-electron chi connectivity index (χ4n) is 4.53. The molecule has 1 fully saturated rings. The van der Waals surface area contributed by atoms with Crippen molar-refractivity contribution >= 4 is 28.7 Å². The molecule has 0 saturated carbocycles. The van der Waals surface area contributed by atoms with Crippen LogP contribution in [0, 0.1) is 0 Å². The van der Waals surface area contributed by atoms with Crippen LogP contribution in [-0.2, 0) is 6.54 Å². The molecule has 2 aromatic heterocycles. The van der Waals surface area contributed by atoms with Gasteiger partial charge in [0.05, 0.1) is 20.8 Å². The average Bonchev–Trinajstić information content (AvgIpc) is 3.31. The summed E-state index contributed by atoms with van der Waals surface area (Å²) in [5.74, 6) is 1.33. The van der Waals surface area contributed by atoms with Crippen LogP contribution < -0.4 is 15.0 Å². The predicted molar refractivity (Wildman–Crippen MR) is 134 cm³/mol. The summed E-state index contributed by atoms with van der Waals surface area (Å²) in [4.78, 5) is 35.4. The lowest BCUT2D eigenvalue weighted by Crippen LogP contribution is -2.40. The first-order chi connectivity index (χ1) is 17.5. The molecule has 1 atom stereocenters. The summed E-state index contributed by atoms with van der Waals surface area (Å²) in [5.41, 5.74) is 1.65. The minimum atomic E-state index is -0.351. The number of carbonyl (C=O) groups is 1. The van der Waals surface area contributed by atoms with Gasteiger partial charge in [-0.2, -0.15) is 0 Å². The first-order valence-electron chi connectivity index (χ1n) is 11.6. The van der Waals surface area contributed by atoms with Crippen LogP contribution in [0.25, 0.3) is 11.2 Å². The molecule has 0 bridgehead atoms. The number of hydrogen-bond donors (Lipinski definition) is 1. The Kier molecular flexibility index (Phi) is 6.60. The van der Waals surface area contributed by atoms with E-state index in [1.165, 1.54) is 7.11 Å². The van der Waals surface area contributed by atoms with Crippen molar-refractivity contribution in [2.75, 3.05) is 27.3 Å². The van der Waals surface area contributed by atoms with Gasteiger partial charge in [0.25, 0.3) is 11.5 Å². The SMILES string of the molecule is COc1ccc(C(=O)N2CCC[C@@H](c3nc4c(nnn4Cc4cccc(Cl)c4)c(=O)[nH]3)C2)cc1OC. The van der Waals surface area contributed by atoms with Crippen molar-refractivity contribution in [3.05, 3.63) is 74.8 Å². The maximum Gasteiger partial charge on any atom is 0.281 e. The lowest BCUT2D eigenvalue weighted by molar-refractivity contribution is 0.0704. The zero-order valence-electron chi connectivity index (χ0n) is 19.9. The molecule has 11 heteroatoms. The lowest BCUT2D eigenvalue weighted by atomic mass is 9.96. The van der Waals surface area contributed by atoms with Crippen LogP contribution in [0.5, 0.6) is 11.5 Å². The molecule has 186 valence electrons. The third kappa shape index (κ3) is 4.64. The third-order valence-electron chi connectivity index (χ3n) is 6.34. The minimum Gasteiger partial charge on any atom is -0.493 e. The van der Waals surface area contributed by atoms with E-state index >= 15 is 0 Å². The maximum absolute atomic E-state index is 13.3. The summed E-state index contributed by atoms with van der Waals surface area (Å²) in [6.07, 6.45) is 1.57. The summed E-state index contributed by atoms with van der Waals surface area (Å²) in [7, 11) is 3.09. The van der Waals surface area contributed by atoms with Gasteiger partial charge in [-0.1, -0.05) is 28.9 Å². The van der Waals surface area contributed by atoms with Crippen LogP contribution in [0.1, 0.15) is 40.5 Å². The number of likely N-dealkylation sites (tertiary alicyclic amines) is 1. The maximum atomic E-state index is 13.3. The second kappa shape index (κ2) is 9.98. The number of hydrogen-bond acceptors (Lipinski definition) is 7. The van der Waals surface area contributed by atoms with Gasteiger partial charge in [0.1, 0.15) is 5.82 Å². The number of H-pyrrole nitrogens is 1. The molecule has 1 N–H and O–H groups in total. The second-order valence-electron chi connectivity index (χ2n) is 8.66. The van der Waals surface area contributed by atoms with Gasteiger partial charge in [-0.25, -0.2) is 9.67 Å². The number of rotatable bonds is 6. The smallest absolute Gasteiger partial charge is 0.281 e. The zero-order chi connectivity index (χ0) is 25.2. The minimum absolute atomic E-state index is 0.114. The largest absolute Gasteiger partial charge is 0.493 e. The zero-order valence-corrected chi connectivity index (χ0v) is 20.7. The van der Waals surface area contributed by atoms with Gasteiger partial charge in [-0.15, -0.1) is 5.10 Å². The quantitative estimate of drug-likeness (QED) is 0.425. The molecule has 0 spiro atoms. The number of nitrogens with zero attached hydrogens (tertiary/aromatic N) is 5. The lowest BCUT2D eigenvalue weighted by Gasteiger charge is -2.32. The van der Waals surface area contributed by atoms with Gasteiger partial charge in [0, 0.05) is 29.6 Å².